The van der Waals surface area contributed by atoms with E-state index in [2.05, 4.69) is 29.3 Å². The molecule has 0 aromatic carbocycles. The van der Waals surface area contributed by atoms with Gasteiger partial charge in [0.25, 0.3) is 11.6 Å². The number of carbonyl (C=O) groups is 1. The second-order valence-corrected chi connectivity index (χ2v) is 7.52. The Bertz CT molecular complexity index is 751. The van der Waals surface area contributed by atoms with Gasteiger partial charge in [0.1, 0.15) is 0 Å². The van der Waals surface area contributed by atoms with Crippen molar-refractivity contribution in [3.05, 3.63) is 23.5 Å². The van der Waals surface area contributed by atoms with Crippen LogP contribution in [0.4, 0.5) is 0 Å². The van der Waals surface area contributed by atoms with Crippen LogP contribution in [-0.2, 0) is 0 Å². The minimum atomic E-state index is 0.0705. The summed E-state index contributed by atoms with van der Waals surface area (Å²) in [7, 11) is 0. The average Bonchev–Trinajstić information content (AvgIpc) is 3.21. The lowest BCUT2D eigenvalue weighted by Gasteiger charge is -2.38. The Labute approximate surface area is 141 Å². The first-order valence-electron chi connectivity index (χ1n) is 8.83. The molecule has 24 heavy (non-hydrogen) atoms. The number of carbonyl (C=O) groups excluding carboxylic acids is 1. The number of nitrogens with one attached hydrogen (secondary N) is 1. The highest BCUT2D eigenvalue weighted by atomic mass is 16.5. The standard InChI is InChI=1S/C18H24N4O2/c1-12(2)15-14-9-13(10-20-16(14)24-21-15)17(23)22-7-4-18(5-8-22)3-6-19-11-18/h9-10,12,19H,3-8,11H2,1-2H3. The molecular weight excluding hydrogens is 304 g/mol. The number of piperidine rings is 1. The average molecular weight is 328 g/mol. The van der Waals surface area contributed by atoms with Crippen LogP contribution in [0.25, 0.3) is 11.1 Å². The minimum Gasteiger partial charge on any atom is -0.339 e. The number of aromatic nitrogens is 2. The number of amides is 1. The van der Waals surface area contributed by atoms with Gasteiger partial charge < -0.3 is 14.7 Å². The molecule has 0 saturated carbocycles. The third kappa shape index (κ3) is 2.59. The first-order chi connectivity index (χ1) is 11.6. The molecule has 0 unspecified atom stereocenters. The maximum Gasteiger partial charge on any atom is 0.257 e. The van der Waals surface area contributed by atoms with Gasteiger partial charge in [0.15, 0.2) is 0 Å². The molecule has 6 heteroatoms. The predicted octanol–water partition coefficient (Wildman–Crippen LogP) is 2.56. The SMILES string of the molecule is CC(C)c1noc2ncc(C(=O)N3CCC4(CCNC4)CC3)cc12. The van der Waals surface area contributed by atoms with Crippen molar-refractivity contribution in [3.8, 4) is 0 Å². The molecule has 2 aromatic heterocycles. The van der Waals surface area contributed by atoms with E-state index in [0.29, 0.717) is 16.7 Å². The number of hydrogen-bond donors (Lipinski definition) is 1. The molecule has 2 aliphatic rings. The van der Waals surface area contributed by atoms with Gasteiger partial charge in [-0.15, -0.1) is 0 Å². The quantitative estimate of drug-likeness (QED) is 0.917. The number of hydrogen-bond acceptors (Lipinski definition) is 5. The number of rotatable bonds is 2. The van der Waals surface area contributed by atoms with Crippen molar-refractivity contribution in [3.63, 3.8) is 0 Å². The van der Waals surface area contributed by atoms with Crippen LogP contribution < -0.4 is 5.32 Å². The van der Waals surface area contributed by atoms with Crippen LogP contribution in [0.15, 0.2) is 16.8 Å². The molecule has 1 N–H and O–H groups in total. The zero-order chi connectivity index (χ0) is 16.7. The van der Waals surface area contributed by atoms with E-state index >= 15 is 0 Å². The lowest BCUT2D eigenvalue weighted by Crippen LogP contribution is -2.44. The fourth-order valence-electron chi connectivity index (χ4n) is 3.97. The zero-order valence-corrected chi connectivity index (χ0v) is 14.3. The minimum absolute atomic E-state index is 0.0705. The third-order valence-electron chi connectivity index (χ3n) is 5.59. The first kappa shape index (κ1) is 15.6. The Kier molecular flexibility index (Phi) is 3.79. The van der Waals surface area contributed by atoms with Crippen LogP contribution >= 0.6 is 0 Å². The highest BCUT2D eigenvalue weighted by Crippen LogP contribution is 2.37. The van der Waals surface area contributed by atoms with Crippen molar-refractivity contribution >= 4 is 17.0 Å². The summed E-state index contributed by atoms with van der Waals surface area (Å²) in [6.45, 7) is 8.00. The maximum atomic E-state index is 12.9. The molecule has 2 fully saturated rings. The second kappa shape index (κ2) is 5.84. The lowest BCUT2D eigenvalue weighted by molar-refractivity contribution is 0.0607. The lowest BCUT2D eigenvalue weighted by atomic mass is 9.78. The first-order valence-corrected chi connectivity index (χ1v) is 8.83. The summed E-state index contributed by atoms with van der Waals surface area (Å²) < 4.78 is 5.26. The van der Waals surface area contributed by atoms with Crippen molar-refractivity contribution in [1.82, 2.24) is 20.4 Å². The van der Waals surface area contributed by atoms with Crippen molar-refractivity contribution in [1.29, 1.82) is 0 Å². The summed E-state index contributed by atoms with van der Waals surface area (Å²) in [5.74, 6) is 0.309. The number of fused-ring (bicyclic) bond motifs is 1. The van der Waals surface area contributed by atoms with E-state index in [1.807, 2.05) is 11.0 Å². The highest BCUT2D eigenvalue weighted by Gasteiger charge is 2.38. The highest BCUT2D eigenvalue weighted by molar-refractivity contribution is 5.97. The maximum absolute atomic E-state index is 12.9. The summed E-state index contributed by atoms with van der Waals surface area (Å²) in [5.41, 5.74) is 2.41. The van der Waals surface area contributed by atoms with Crippen LogP contribution in [0.1, 0.15) is 55.1 Å². The van der Waals surface area contributed by atoms with E-state index in [-0.39, 0.29) is 11.8 Å². The number of nitrogens with zero attached hydrogens (tertiary/aromatic N) is 3. The van der Waals surface area contributed by atoms with Crippen molar-refractivity contribution in [2.24, 2.45) is 5.41 Å². The molecule has 2 aromatic rings. The molecular formula is C18H24N4O2. The Morgan fingerprint density at radius 3 is 2.79 bits per heavy atom. The van der Waals surface area contributed by atoms with Gasteiger partial charge in [-0.3, -0.25) is 4.79 Å². The normalized spacial score (nSPS) is 20.4. The van der Waals surface area contributed by atoms with E-state index in [1.165, 1.54) is 6.42 Å². The molecule has 128 valence electrons. The fourth-order valence-corrected chi connectivity index (χ4v) is 3.97. The summed E-state index contributed by atoms with van der Waals surface area (Å²) in [4.78, 5) is 19.1. The van der Waals surface area contributed by atoms with Gasteiger partial charge >= 0.3 is 0 Å². The second-order valence-electron chi connectivity index (χ2n) is 7.52. The van der Waals surface area contributed by atoms with E-state index in [1.54, 1.807) is 6.20 Å². The predicted molar refractivity (Wildman–Crippen MR) is 91.0 cm³/mol. The molecule has 0 radical (unpaired) electrons. The van der Waals surface area contributed by atoms with Gasteiger partial charge in [-0.05, 0) is 43.2 Å². The van der Waals surface area contributed by atoms with Gasteiger partial charge in [0.2, 0.25) is 0 Å². The summed E-state index contributed by atoms with van der Waals surface area (Å²) in [6.07, 6.45) is 5.03. The molecule has 1 spiro atoms. The van der Waals surface area contributed by atoms with Crippen molar-refractivity contribution in [2.45, 2.75) is 39.0 Å². The molecule has 4 heterocycles. The van der Waals surface area contributed by atoms with E-state index in [9.17, 15) is 4.79 Å². The molecule has 4 rings (SSSR count). The Hall–Kier alpha value is -1.95. The Morgan fingerprint density at radius 1 is 1.33 bits per heavy atom. The zero-order valence-electron chi connectivity index (χ0n) is 14.3. The topological polar surface area (TPSA) is 71.3 Å². The van der Waals surface area contributed by atoms with Crippen LogP contribution in [0.5, 0.6) is 0 Å². The summed E-state index contributed by atoms with van der Waals surface area (Å²) >= 11 is 0. The van der Waals surface area contributed by atoms with Crippen LogP contribution in [0.2, 0.25) is 0 Å². The Balaban J connectivity index is 1.54. The van der Waals surface area contributed by atoms with E-state index < -0.39 is 0 Å². The van der Waals surface area contributed by atoms with Crippen molar-refractivity contribution in [2.75, 3.05) is 26.2 Å². The van der Waals surface area contributed by atoms with Crippen LogP contribution in [0.3, 0.4) is 0 Å². The molecule has 0 atom stereocenters. The van der Waals surface area contributed by atoms with Gasteiger partial charge in [-0.1, -0.05) is 19.0 Å². The molecule has 0 bridgehead atoms. The van der Waals surface area contributed by atoms with Gasteiger partial charge in [0.05, 0.1) is 16.6 Å². The number of likely N-dealkylation sites (tertiary alicyclic amines) is 1. The molecule has 1 amide bonds. The van der Waals surface area contributed by atoms with Gasteiger partial charge in [-0.25, -0.2) is 4.98 Å². The van der Waals surface area contributed by atoms with Crippen LogP contribution in [-0.4, -0.2) is 47.1 Å². The monoisotopic (exact) mass is 328 g/mol. The smallest absolute Gasteiger partial charge is 0.257 e. The molecule has 0 aliphatic carbocycles. The molecule has 2 aliphatic heterocycles. The number of pyridine rings is 1. The van der Waals surface area contributed by atoms with Gasteiger partial charge in [0, 0.05) is 25.8 Å². The van der Waals surface area contributed by atoms with E-state index in [4.69, 9.17) is 4.52 Å². The van der Waals surface area contributed by atoms with Crippen LogP contribution in [0, 0.1) is 5.41 Å². The third-order valence-corrected chi connectivity index (χ3v) is 5.59. The molecule has 2 saturated heterocycles. The molecule has 6 nitrogen and oxygen atoms in total. The summed E-state index contributed by atoms with van der Waals surface area (Å²) in [5, 5.41) is 8.40. The largest absolute Gasteiger partial charge is 0.339 e. The fraction of sp³-hybridized carbons (Fsp3) is 0.611. The Morgan fingerprint density at radius 2 is 2.12 bits per heavy atom. The van der Waals surface area contributed by atoms with Crippen molar-refractivity contribution < 1.29 is 9.32 Å². The van der Waals surface area contributed by atoms with E-state index in [0.717, 1.165) is 50.1 Å². The summed E-state index contributed by atoms with van der Waals surface area (Å²) in [6, 6.07) is 1.89. The van der Waals surface area contributed by atoms with Gasteiger partial charge in [-0.2, -0.15) is 0 Å².